The molecule has 3 rings (SSSR count). The van der Waals surface area contributed by atoms with Crippen LogP contribution in [0.25, 0.3) is 0 Å². The van der Waals surface area contributed by atoms with Crippen molar-refractivity contribution in [3.63, 3.8) is 0 Å². The predicted octanol–water partition coefficient (Wildman–Crippen LogP) is 1.68. The topological polar surface area (TPSA) is 3.24 Å². The first-order valence-corrected chi connectivity index (χ1v) is 5.06. The van der Waals surface area contributed by atoms with Crippen LogP contribution in [0.15, 0.2) is 0 Å². The van der Waals surface area contributed by atoms with Gasteiger partial charge in [-0.2, -0.15) is 0 Å². The second-order valence-corrected chi connectivity index (χ2v) is 4.92. The molecule has 12 heavy (non-hydrogen) atoms. The Balaban J connectivity index is 1.88. The fraction of sp³-hybridized carbons (Fsp3) is 1.00. The SMILES string of the molecule is CC1CC(F)CN2CC3C(C)C132. The van der Waals surface area contributed by atoms with Crippen LogP contribution in [0.4, 0.5) is 4.39 Å². The summed E-state index contributed by atoms with van der Waals surface area (Å²) < 4.78 is 13.2. The molecule has 1 nitrogen and oxygen atoms in total. The molecule has 68 valence electrons. The van der Waals surface area contributed by atoms with E-state index in [-0.39, 0.29) is 0 Å². The molecule has 0 amide bonds. The Bertz CT molecular complexity index is 214. The molecule has 0 aromatic heterocycles. The number of halogens is 1. The first kappa shape index (κ1) is 7.31. The van der Waals surface area contributed by atoms with Gasteiger partial charge in [0.2, 0.25) is 0 Å². The van der Waals surface area contributed by atoms with E-state index in [0.29, 0.717) is 18.0 Å². The summed E-state index contributed by atoms with van der Waals surface area (Å²) in [5.74, 6) is 2.36. The molecule has 0 radical (unpaired) electrons. The molecule has 3 aliphatic rings. The van der Waals surface area contributed by atoms with E-state index >= 15 is 0 Å². The summed E-state index contributed by atoms with van der Waals surface area (Å²) >= 11 is 0. The summed E-state index contributed by atoms with van der Waals surface area (Å²) in [6, 6.07) is 0. The van der Waals surface area contributed by atoms with E-state index in [9.17, 15) is 4.39 Å². The summed E-state index contributed by atoms with van der Waals surface area (Å²) in [6.07, 6.45) is 0.247. The third-order valence-corrected chi connectivity index (χ3v) is 4.60. The summed E-state index contributed by atoms with van der Waals surface area (Å²) in [5, 5.41) is 0. The van der Waals surface area contributed by atoms with Crippen molar-refractivity contribution in [2.45, 2.75) is 32.0 Å². The fourth-order valence-corrected chi connectivity index (χ4v) is 4.01. The quantitative estimate of drug-likeness (QED) is 0.533. The minimum absolute atomic E-state index is 0.475. The van der Waals surface area contributed by atoms with Gasteiger partial charge in [0.15, 0.2) is 0 Å². The molecule has 2 heteroatoms. The van der Waals surface area contributed by atoms with E-state index in [0.717, 1.165) is 18.3 Å². The van der Waals surface area contributed by atoms with Crippen LogP contribution in [0.5, 0.6) is 0 Å². The van der Waals surface area contributed by atoms with E-state index in [4.69, 9.17) is 0 Å². The van der Waals surface area contributed by atoms with Crippen molar-refractivity contribution in [2.75, 3.05) is 13.1 Å². The van der Waals surface area contributed by atoms with Gasteiger partial charge in [-0.05, 0) is 24.2 Å². The fourth-order valence-electron chi connectivity index (χ4n) is 4.01. The number of piperidine rings is 1. The van der Waals surface area contributed by atoms with Crippen LogP contribution in [-0.2, 0) is 0 Å². The first-order chi connectivity index (χ1) is 5.67. The molecule has 1 aliphatic carbocycles. The van der Waals surface area contributed by atoms with Gasteiger partial charge in [0, 0.05) is 18.6 Å². The number of alkyl halides is 1. The minimum Gasteiger partial charge on any atom is -0.294 e. The maximum atomic E-state index is 13.2. The lowest BCUT2D eigenvalue weighted by Crippen LogP contribution is -2.60. The average Bonchev–Trinajstić information content (AvgIpc) is 2.39. The van der Waals surface area contributed by atoms with Gasteiger partial charge in [0.05, 0.1) is 0 Å². The normalized spacial score (nSPS) is 63.2. The van der Waals surface area contributed by atoms with Crippen LogP contribution < -0.4 is 0 Å². The molecular weight excluding hydrogens is 153 g/mol. The zero-order chi connectivity index (χ0) is 8.51. The third kappa shape index (κ3) is 0.544. The molecule has 0 bridgehead atoms. The van der Waals surface area contributed by atoms with Gasteiger partial charge in [0.25, 0.3) is 0 Å². The number of rotatable bonds is 0. The Morgan fingerprint density at radius 3 is 2.58 bits per heavy atom. The van der Waals surface area contributed by atoms with E-state index in [1.54, 1.807) is 0 Å². The van der Waals surface area contributed by atoms with Gasteiger partial charge in [-0.3, -0.25) is 4.90 Å². The van der Waals surface area contributed by atoms with Crippen molar-refractivity contribution in [3.8, 4) is 0 Å². The van der Waals surface area contributed by atoms with Crippen molar-refractivity contribution in [1.29, 1.82) is 0 Å². The lowest BCUT2D eigenvalue weighted by atomic mass is 9.81. The van der Waals surface area contributed by atoms with Gasteiger partial charge < -0.3 is 0 Å². The van der Waals surface area contributed by atoms with Crippen molar-refractivity contribution >= 4 is 0 Å². The Morgan fingerprint density at radius 1 is 1.33 bits per heavy atom. The smallest absolute Gasteiger partial charge is 0.113 e. The lowest BCUT2D eigenvalue weighted by Gasteiger charge is -2.49. The number of hydrogen-bond acceptors (Lipinski definition) is 1. The third-order valence-electron chi connectivity index (χ3n) is 4.60. The highest BCUT2D eigenvalue weighted by Gasteiger charge is 2.76. The van der Waals surface area contributed by atoms with E-state index in [2.05, 4.69) is 18.7 Å². The Labute approximate surface area is 72.9 Å². The molecule has 5 unspecified atom stereocenters. The second kappa shape index (κ2) is 1.87. The average molecular weight is 169 g/mol. The molecule has 1 spiro atoms. The zero-order valence-electron chi connectivity index (χ0n) is 7.76. The van der Waals surface area contributed by atoms with Crippen LogP contribution in [0, 0.1) is 17.8 Å². The van der Waals surface area contributed by atoms with E-state index in [1.807, 2.05) is 0 Å². The summed E-state index contributed by atoms with van der Waals surface area (Å²) in [4.78, 5) is 2.39. The van der Waals surface area contributed by atoms with E-state index < -0.39 is 6.17 Å². The van der Waals surface area contributed by atoms with Gasteiger partial charge >= 0.3 is 0 Å². The summed E-state index contributed by atoms with van der Waals surface area (Å²) in [6.45, 7) is 6.45. The number of hydrogen-bond donors (Lipinski definition) is 0. The highest BCUT2D eigenvalue weighted by atomic mass is 19.1. The molecule has 3 fully saturated rings. The monoisotopic (exact) mass is 169 g/mol. The molecule has 0 aromatic carbocycles. The minimum atomic E-state index is -0.556. The van der Waals surface area contributed by atoms with Crippen LogP contribution in [-0.4, -0.2) is 29.7 Å². The predicted molar refractivity (Wildman–Crippen MR) is 45.6 cm³/mol. The first-order valence-electron chi connectivity index (χ1n) is 5.06. The van der Waals surface area contributed by atoms with Crippen LogP contribution in [0.1, 0.15) is 20.3 Å². The summed E-state index contributed by atoms with van der Waals surface area (Å²) in [5.41, 5.74) is 0.475. The standard InChI is InChI=1S/C10H16FN/c1-6-3-8(11)4-12-5-9-7(2)10(6,9)12/h6-9H,3-5H2,1-2H3. The zero-order valence-corrected chi connectivity index (χ0v) is 7.76. The molecule has 5 atom stereocenters. The molecule has 2 heterocycles. The summed E-state index contributed by atoms with van der Waals surface area (Å²) in [7, 11) is 0. The van der Waals surface area contributed by atoms with Gasteiger partial charge in [-0.15, -0.1) is 0 Å². The molecule has 1 saturated carbocycles. The molecule has 0 N–H and O–H groups in total. The van der Waals surface area contributed by atoms with Crippen molar-refractivity contribution in [2.24, 2.45) is 17.8 Å². The molecular formula is C10H16FN. The highest BCUT2D eigenvalue weighted by Crippen LogP contribution is 2.68. The van der Waals surface area contributed by atoms with Crippen LogP contribution in [0.2, 0.25) is 0 Å². The lowest BCUT2D eigenvalue weighted by molar-refractivity contribution is -0.0379. The Morgan fingerprint density at radius 2 is 2.08 bits per heavy atom. The number of nitrogens with zero attached hydrogens (tertiary/aromatic N) is 1. The second-order valence-electron chi connectivity index (χ2n) is 4.92. The Hall–Kier alpha value is -0.110. The van der Waals surface area contributed by atoms with Crippen LogP contribution in [0.3, 0.4) is 0 Å². The van der Waals surface area contributed by atoms with Crippen molar-refractivity contribution in [1.82, 2.24) is 4.90 Å². The molecule has 2 aliphatic heterocycles. The maximum Gasteiger partial charge on any atom is 0.113 e. The highest BCUT2D eigenvalue weighted by molar-refractivity contribution is 5.29. The van der Waals surface area contributed by atoms with Gasteiger partial charge in [-0.25, -0.2) is 4.39 Å². The largest absolute Gasteiger partial charge is 0.294 e. The van der Waals surface area contributed by atoms with Crippen molar-refractivity contribution < 1.29 is 4.39 Å². The van der Waals surface area contributed by atoms with Crippen LogP contribution >= 0.6 is 0 Å². The van der Waals surface area contributed by atoms with Gasteiger partial charge in [0.1, 0.15) is 6.17 Å². The van der Waals surface area contributed by atoms with Gasteiger partial charge in [-0.1, -0.05) is 13.8 Å². The van der Waals surface area contributed by atoms with E-state index in [1.165, 1.54) is 6.54 Å². The molecule has 2 saturated heterocycles. The molecule has 0 aromatic rings. The maximum absolute atomic E-state index is 13.2. The van der Waals surface area contributed by atoms with Crippen molar-refractivity contribution in [3.05, 3.63) is 0 Å². The Kier molecular flexibility index (Phi) is 1.14.